The van der Waals surface area contributed by atoms with Crippen LogP contribution in [0.3, 0.4) is 0 Å². The zero-order valence-electron chi connectivity index (χ0n) is 5.35. The molecule has 8 heavy (non-hydrogen) atoms. The van der Waals surface area contributed by atoms with Crippen molar-refractivity contribution in [2.24, 2.45) is 11.7 Å². The van der Waals surface area contributed by atoms with Crippen molar-refractivity contribution in [3.63, 3.8) is 0 Å². The maximum atomic E-state index is 5.65. The van der Waals surface area contributed by atoms with Crippen LogP contribution in [0.25, 0.3) is 0 Å². The van der Waals surface area contributed by atoms with Gasteiger partial charge in [-0.3, -0.25) is 0 Å². The largest absolute Gasteiger partial charge is 0.402 e. The molecule has 0 spiro atoms. The summed E-state index contributed by atoms with van der Waals surface area (Å²) in [6.45, 7) is 2.12. The number of nitrogens with two attached hydrogens (primary N) is 1. The molecular weight excluding hydrogens is 98.1 g/mol. The van der Waals surface area contributed by atoms with E-state index in [1.165, 1.54) is 12.8 Å². The number of hydrogen-bond donors (Lipinski definition) is 1. The fraction of sp³-hybridized carbons (Fsp3) is 0.714. The van der Waals surface area contributed by atoms with Crippen molar-refractivity contribution in [1.82, 2.24) is 0 Å². The molecule has 0 saturated heterocycles. The van der Waals surface area contributed by atoms with E-state index in [1.54, 1.807) is 0 Å². The Morgan fingerprint density at radius 1 is 1.75 bits per heavy atom. The van der Waals surface area contributed by atoms with Crippen LogP contribution in [0.1, 0.15) is 26.2 Å². The van der Waals surface area contributed by atoms with Gasteiger partial charge in [-0.2, -0.15) is 0 Å². The minimum Gasteiger partial charge on any atom is -0.402 e. The third-order valence-corrected chi connectivity index (χ3v) is 1.49. The number of allylic oxidation sites excluding steroid dienone is 2. The molecular formula is C7H13N. The molecule has 0 unspecified atom stereocenters. The van der Waals surface area contributed by atoms with Crippen LogP contribution in [0.5, 0.6) is 0 Å². The minimum atomic E-state index is 0.759. The van der Waals surface area contributed by atoms with E-state index in [2.05, 4.69) is 13.0 Å². The summed E-state index contributed by atoms with van der Waals surface area (Å²) >= 11 is 0. The highest BCUT2D eigenvalue weighted by Gasteiger charge is 2.23. The summed E-state index contributed by atoms with van der Waals surface area (Å²) in [5, 5.41) is 0. The first-order valence-corrected chi connectivity index (χ1v) is 3.30. The molecule has 0 aromatic heterocycles. The van der Waals surface area contributed by atoms with E-state index in [4.69, 9.17) is 5.73 Å². The predicted molar refractivity (Wildman–Crippen MR) is 35.3 cm³/mol. The molecule has 1 nitrogen and oxygen atoms in total. The second-order valence-corrected chi connectivity index (χ2v) is 2.39. The summed E-state index contributed by atoms with van der Waals surface area (Å²) in [5.41, 5.74) is 6.77. The van der Waals surface area contributed by atoms with Gasteiger partial charge in [-0.25, -0.2) is 0 Å². The van der Waals surface area contributed by atoms with Gasteiger partial charge in [0.2, 0.25) is 0 Å². The van der Waals surface area contributed by atoms with Crippen molar-refractivity contribution >= 4 is 0 Å². The van der Waals surface area contributed by atoms with Crippen molar-refractivity contribution in [2.45, 2.75) is 26.2 Å². The number of rotatable bonds is 2. The zero-order chi connectivity index (χ0) is 5.98. The SMILES string of the molecule is CC/C=C(\N)C1CC1. The van der Waals surface area contributed by atoms with Gasteiger partial charge in [-0.1, -0.05) is 13.0 Å². The first-order chi connectivity index (χ1) is 3.84. The van der Waals surface area contributed by atoms with Crippen molar-refractivity contribution in [3.05, 3.63) is 11.8 Å². The Kier molecular flexibility index (Phi) is 1.56. The quantitative estimate of drug-likeness (QED) is 0.576. The van der Waals surface area contributed by atoms with Crippen molar-refractivity contribution < 1.29 is 0 Å². The summed E-state index contributed by atoms with van der Waals surface area (Å²) in [6, 6.07) is 0. The summed E-state index contributed by atoms with van der Waals surface area (Å²) in [7, 11) is 0. The maximum absolute atomic E-state index is 5.65. The van der Waals surface area contributed by atoms with Gasteiger partial charge in [0, 0.05) is 5.70 Å². The molecule has 0 aliphatic heterocycles. The topological polar surface area (TPSA) is 26.0 Å². The molecule has 0 heterocycles. The lowest BCUT2D eigenvalue weighted by Gasteiger charge is -1.92. The summed E-state index contributed by atoms with van der Waals surface area (Å²) in [4.78, 5) is 0. The summed E-state index contributed by atoms with van der Waals surface area (Å²) < 4.78 is 0. The lowest BCUT2D eigenvalue weighted by Crippen LogP contribution is -1.97. The fourth-order valence-electron chi connectivity index (χ4n) is 0.819. The van der Waals surface area contributed by atoms with Gasteiger partial charge in [0.1, 0.15) is 0 Å². The fourth-order valence-corrected chi connectivity index (χ4v) is 0.819. The zero-order valence-corrected chi connectivity index (χ0v) is 5.35. The van der Waals surface area contributed by atoms with E-state index in [0.29, 0.717) is 0 Å². The molecule has 1 heteroatoms. The first-order valence-electron chi connectivity index (χ1n) is 3.30. The first kappa shape index (κ1) is 5.67. The number of hydrogen-bond acceptors (Lipinski definition) is 1. The van der Waals surface area contributed by atoms with E-state index in [1.807, 2.05) is 0 Å². The predicted octanol–water partition coefficient (Wildman–Crippen LogP) is 1.65. The van der Waals surface area contributed by atoms with Crippen LogP contribution in [0.2, 0.25) is 0 Å². The molecule has 0 aromatic carbocycles. The third kappa shape index (κ3) is 1.25. The highest BCUT2D eigenvalue weighted by Crippen LogP contribution is 2.33. The molecule has 1 aliphatic carbocycles. The molecule has 1 saturated carbocycles. The monoisotopic (exact) mass is 111 g/mol. The highest BCUT2D eigenvalue weighted by atomic mass is 14.6. The standard InChI is InChI=1S/C7H13N/c1-2-3-7(8)6-4-5-6/h3,6H,2,4-5,8H2,1H3/b7-3-. The molecule has 2 N–H and O–H groups in total. The van der Waals surface area contributed by atoms with Crippen LogP contribution in [0.4, 0.5) is 0 Å². The minimum absolute atomic E-state index is 0.759. The van der Waals surface area contributed by atoms with E-state index in [9.17, 15) is 0 Å². The lowest BCUT2D eigenvalue weighted by atomic mass is 10.2. The average molecular weight is 111 g/mol. The van der Waals surface area contributed by atoms with Crippen molar-refractivity contribution in [2.75, 3.05) is 0 Å². The van der Waals surface area contributed by atoms with Crippen LogP contribution in [-0.4, -0.2) is 0 Å². The maximum Gasteiger partial charge on any atom is 0.00713 e. The van der Waals surface area contributed by atoms with E-state index >= 15 is 0 Å². The van der Waals surface area contributed by atoms with Gasteiger partial charge in [0.05, 0.1) is 0 Å². The Balaban J connectivity index is 2.31. The molecule has 0 amide bonds. The molecule has 1 fully saturated rings. The van der Waals surface area contributed by atoms with Gasteiger partial charge < -0.3 is 5.73 Å². The van der Waals surface area contributed by atoms with Crippen molar-refractivity contribution in [1.29, 1.82) is 0 Å². The smallest absolute Gasteiger partial charge is 0.00713 e. The van der Waals surface area contributed by atoms with Crippen LogP contribution < -0.4 is 5.73 Å². The Morgan fingerprint density at radius 3 is 2.75 bits per heavy atom. The molecule has 46 valence electrons. The Morgan fingerprint density at radius 2 is 2.38 bits per heavy atom. The molecule has 0 atom stereocenters. The van der Waals surface area contributed by atoms with E-state index < -0.39 is 0 Å². The molecule has 0 aromatic rings. The van der Waals surface area contributed by atoms with Crippen LogP contribution in [0.15, 0.2) is 11.8 Å². The van der Waals surface area contributed by atoms with Crippen LogP contribution >= 0.6 is 0 Å². The normalized spacial score (nSPS) is 21.4. The summed E-state index contributed by atoms with van der Waals surface area (Å²) in [6.07, 6.45) is 5.85. The van der Waals surface area contributed by atoms with Crippen LogP contribution in [0, 0.1) is 5.92 Å². The summed E-state index contributed by atoms with van der Waals surface area (Å²) in [5.74, 6) is 0.759. The van der Waals surface area contributed by atoms with Gasteiger partial charge in [-0.05, 0) is 25.2 Å². The van der Waals surface area contributed by atoms with Gasteiger partial charge in [0.15, 0.2) is 0 Å². The molecule has 0 radical (unpaired) electrons. The van der Waals surface area contributed by atoms with Crippen molar-refractivity contribution in [3.8, 4) is 0 Å². The van der Waals surface area contributed by atoms with Gasteiger partial charge in [-0.15, -0.1) is 0 Å². The second kappa shape index (κ2) is 2.21. The molecule has 1 rings (SSSR count). The lowest BCUT2D eigenvalue weighted by molar-refractivity contribution is 0.957. The highest BCUT2D eigenvalue weighted by molar-refractivity contribution is 5.07. The Hall–Kier alpha value is -0.460. The third-order valence-electron chi connectivity index (χ3n) is 1.49. The molecule has 0 bridgehead atoms. The van der Waals surface area contributed by atoms with E-state index in [0.717, 1.165) is 18.0 Å². The molecule has 1 aliphatic rings. The van der Waals surface area contributed by atoms with Crippen LogP contribution in [-0.2, 0) is 0 Å². The Labute approximate surface area is 50.6 Å². The second-order valence-electron chi connectivity index (χ2n) is 2.39. The van der Waals surface area contributed by atoms with E-state index in [-0.39, 0.29) is 0 Å². The average Bonchev–Trinajstić information content (AvgIpc) is 2.45. The Bertz CT molecular complexity index is 101. The van der Waals surface area contributed by atoms with Gasteiger partial charge >= 0.3 is 0 Å². The van der Waals surface area contributed by atoms with Gasteiger partial charge in [0.25, 0.3) is 0 Å².